The van der Waals surface area contributed by atoms with Gasteiger partial charge >= 0.3 is 6.18 Å². The van der Waals surface area contributed by atoms with E-state index in [-0.39, 0.29) is 16.9 Å². The number of aromatic amines is 1. The minimum atomic E-state index is -4.43. The van der Waals surface area contributed by atoms with Gasteiger partial charge in [0.1, 0.15) is 5.69 Å². The maximum atomic E-state index is 12.5. The quantitative estimate of drug-likeness (QED) is 0.819. The Morgan fingerprint density at radius 2 is 1.94 bits per heavy atom. The average molecular weight is 255 g/mol. The summed E-state index contributed by atoms with van der Waals surface area (Å²) >= 11 is 0. The van der Waals surface area contributed by atoms with Crippen molar-refractivity contribution >= 4 is 5.69 Å². The number of nitrogens with one attached hydrogen (secondary N) is 1. The van der Waals surface area contributed by atoms with Crippen molar-refractivity contribution in [3.8, 4) is 11.3 Å². The van der Waals surface area contributed by atoms with Gasteiger partial charge in [-0.3, -0.25) is 4.79 Å². The number of H-pyrrole nitrogens is 1. The van der Waals surface area contributed by atoms with Crippen LogP contribution in [0.4, 0.5) is 18.9 Å². The molecule has 0 aliphatic rings. The van der Waals surface area contributed by atoms with E-state index in [1.807, 2.05) is 0 Å². The lowest BCUT2D eigenvalue weighted by Gasteiger charge is -2.08. The first kappa shape index (κ1) is 12.2. The maximum Gasteiger partial charge on any atom is 0.416 e. The summed E-state index contributed by atoms with van der Waals surface area (Å²) in [6.07, 6.45) is -4.43. The number of nitrogens with two attached hydrogens (primary N) is 1. The van der Waals surface area contributed by atoms with Crippen LogP contribution in [-0.2, 0) is 6.18 Å². The van der Waals surface area contributed by atoms with Gasteiger partial charge in [-0.2, -0.15) is 18.3 Å². The Morgan fingerprint density at radius 3 is 2.56 bits per heavy atom. The molecule has 4 nitrogen and oxygen atoms in total. The Bertz CT molecular complexity index is 634. The predicted octanol–water partition coefficient (Wildman–Crippen LogP) is 2.04. The Balaban J connectivity index is 2.51. The van der Waals surface area contributed by atoms with Gasteiger partial charge in [0.25, 0.3) is 5.56 Å². The molecule has 0 aliphatic heterocycles. The largest absolute Gasteiger partial charge is 0.416 e. The van der Waals surface area contributed by atoms with Gasteiger partial charge in [0.2, 0.25) is 0 Å². The van der Waals surface area contributed by atoms with Crippen molar-refractivity contribution in [3.63, 3.8) is 0 Å². The van der Waals surface area contributed by atoms with Crippen LogP contribution < -0.4 is 11.3 Å². The predicted molar refractivity (Wildman–Crippen MR) is 59.7 cm³/mol. The van der Waals surface area contributed by atoms with Crippen LogP contribution in [-0.4, -0.2) is 10.2 Å². The van der Waals surface area contributed by atoms with Crippen LogP contribution in [0.15, 0.2) is 35.1 Å². The summed E-state index contributed by atoms with van der Waals surface area (Å²) in [5.41, 5.74) is 4.32. The second-order valence-corrected chi connectivity index (χ2v) is 3.62. The summed E-state index contributed by atoms with van der Waals surface area (Å²) in [6, 6.07) is 5.85. The van der Waals surface area contributed by atoms with Gasteiger partial charge in [-0.1, -0.05) is 12.1 Å². The molecule has 3 N–H and O–H groups in total. The molecule has 0 spiro atoms. The maximum absolute atomic E-state index is 12.5. The zero-order valence-electron chi connectivity index (χ0n) is 8.95. The average Bonchev–Trinajstić information content (AvgIpc) is 2.32. The molecule has 2 aromatic rings. The van der Waals surface area contributed by atoms with Gasteiger partial charge < -0.3 is 5.73 Å². The summed E-state index contributed by atoms with van der Waals surface area (Å²) in [4.78, 5) is 11.0. The summed E-state index contributed by atoms with van der Waals surface area (Å²) in [5.74, 6) is 0. The molecule has 0 aliphatic carbocycles. The Kier molecular flexibility index (Phi) is 2.82. The number of hydrogen-bond donors (Lipinski definition) is 2. The number of benzene rings is 1. The fourth-order valence-corrected chi connectivity index (χ4v) is 1.42. The molecule has 94 valence electrons. The van der Waals surface area contributed by atoms with Crippen LogP contribution in [0.5, 0.6) is 0 Å². The lowest BCUT2D eigenvalue weighted by molar-refractivity contribution is -0.137. The standard InChI is InChI=1S/C11H8F3N3O/c12-11(13,14)7-3-1-2-6(4-7)9-5-8(15)10(18)17-16-9/h1-5H,(H2,15,16)(H,17,18). The van der Waals surface area contributed by atoms with E-state index >= 15 is 0 Å². The molecule has 0 amide bonds. The highest BCUT2D eigenvalue weighted by Crippen LogP contribution is 2.31. The number of nitrogen functional groups attached to an aromatic ring is 1. The summed E-state index contributed by atoms with van der Waals surface area (Å²) in [5, 5.41) is 5.76. The SMILES string of the molecule is Nc1cc(-c2cccc(C(F)(F)F)c2)n[nH]c1=O. The Hall–Kier alpha value is -2.31. The van der Waals surface area contributed by atoms with E-state index in [1.165, 1.54) is 18.2 Å². The van der Waals surface area contributed by atoms with Crippen LogP contribution in [0.3, 0.4) is 0 Å². The van der Waals surface area contributed by atoms with Crippen LogP contribution >= 0.6 is 0 Å². The Morgan fingerprint density at radius 1 is 1.22 bits per heavy atom. The molecular formula is C11H8F3N3O. The third-order valence-electron chi connectivity index (χ3n) is 2.32. The van der Waals surface area contributed by atoms with Crippen molar-refractivity contribution in [1.82, 2.24) is 10.2 Å². The second-order valence-electron chi connectivity index (χ2n) is 3.62. The zero-order valence-corrected chi connectivity index (χ0v) is 8.95. The number of hydrogen-bond acceptors (Lipinski definition) is 3. The molecule has 1 aromatic heterocycles. The number of halogens is 3. The first-order valence-corrected chi connectivity index (χ1v) is 4.91. The van der Waals surface area contributed by atoms with Crippen molar-refractivity contribution in [2.75, 3.05) is 5.73 Å². The van der Waals surface area contributed by atoms with Crippen molar-refractivity contribution < 1.29 is 13.2 Å². The Labute approximate surface area is 99.3 Å². The molecule has 0 atom stereocenters. The lowest BCUT2D eigenvalue weighted by Crippen LogP contribution is -2.13. The summed E-state index contributed by atoms with van der Waals surface area (Å²) in [6.45, 7) is 0. The number of anilines is 1. The van der Waals surface area contributed by atoms with E-state index in [0.29, 0.717) is 0 Å². The van der Waals surface area contributed by atoms with E-state index in [9.17, 15) is 18.0 Å². The zero-order chi connectivity index (χ0) is 13.3. The number of nitrogens with zero attached hydrogens (tertiary/aromatic N) is 1. The molecule has 0 radical (unpaired) electrons. The number of alkyl halides is 3. The molecule has 0 saturated heterocycles. The third kappa shape index (κ3) is 2.34. The highest BCUT2D eigenvalue weighted by Gasteiger charge is 2.30. The molecule has 0 fully saturated rings. The summed E-state index contributed by atoms with van der Waals surface area (Å²) < 4.78 is 37.6. The van der Waals surface area contributed by atoms with Gasteiger partial charge in [-0.15, -0.1) is 0 Å². The highest BCUT2D eigenvalue weighted by atomic mass is 19.4. The van der Waals surface area contributed by atoms with E-state index in [4.69, 9.17) is 5.73 Å². The fraction of sp³-hybridized carbons (Fsp3) is 0.0909. The number of rotatable bonds is 1. The van der Waals surface area contributed by atoms with Crippen LogP contribution in [0.1, 0.15) is 5.56 Å². The summed E-state index contributed by atoms with van der Waals surface area (Å²) in [7, 11) is 0. The fourth-order valence-electron chi connectivity index (χ4n) is 1.42. The van der Waals surface area contributed by atoms with Crippen molar-refractivity contribution in [2.24, 2.45) is 0 Å². The van der Waals surface area contributed by atoms with E-state index in [2.05, 4.69) is 10.2 Å². The van der Waals surface area contributed by atoms with Crippen LogP contribution in [0, 0.1) is 0 Å². The normalized spacial score (nSPS) is 11.5. The molecule has 1 aromatic carbocycles. The molecule has 18 heavy (non-hydrogen) atoms. The smallest absolute Gasteiger partial charge is 0.394 e. The van der Waals surface area contributed by atoms with Gasteiger partial charge in [0.15, 0.2) is 0 Å². The molecule has 0 saturated carbocycles. The molecule has 0 bridgehead atoms. The molecule has 0 unspecified atom stereocenters. The second kappa shape index (κ2) is 4.17. The van der Waals surface area contributed by atoms with Crippen molar-refractivity contribution in [1.29, 1.82) is 0 Å². The lowest BCUT2D eigenvalue weighted by atomic mass is 10.1. The van der Waals surface area contributed by atoms with Gasteiger partial charge in [-0.05, 0) is 18.2 Å². The third-order valence-corrected chi connectivity index (χ3v) is 2.32. The monoisotopic (exact) mass is 255 g/mol. The molecule has 7 heteroatoms. The highest BCUT2D eigenvalue weighted by molar-refractivity contribution is 5.62. The van der Waals surface area contributed by atoms with Crippen LogP contribution in [0.2, 0.25) is 0 Å². The van der Waals surface area contributed by atoms with Gasteiger partial charge in [-0.25, -0.2) is 5.10 Å². The van der Waals surface area contributed by atoms with Crippen molar-refractivity contribution in [2.45, 2.75) is 6.18 Å². The van der Waals surface area contributed by atoms with Crippen LogP contribution in [0.25, 0.3) is 11.3 Å². The number of aromatic nitrogens is 2. The van der Waals surface area contributed by atoms with E-state index in [0.717, 1.165) is 12.1 Å². The minimum Gasteiger partial charge on any atom is -0.394 e. The molecular weight excluding hydrogens is 247 g/mol. The van der Waals surface area contributed by atoms with Gasteiger partial charge in [0.05, 0.1) is 11.3 Å². The van der Waals surface area contributed by atoms with Crippen molar-refractivity contribution in [3.05, 3.63) is 46.2 Å². The molecule has 2 rings (SSSR count). The molecule has 1 heterocycles. The minimum absolute atomic E-state index is 0.0996. The first-order chi connectivity index (χ1) is 8.38. The van der Waals surface area contributed by atoms with Gasteiger partial charge in [0, 0.05) is 5.56 Å². The topological polar surface area (TPSA) is 71.8 Å². The van der Waals surface area contributed by atoms with E-state index < -0.39 is 17.3 Å². The van der Waals surface area contributed by atoms with E-state index in [1.54, 1.807) is 0 Å². The first-order valence-electron chi connectivity index (χ1n) is 4.91.